The first-order chi connectivity index (χ1) is 12.2. The quantitative estimate of drug-likeness (QED) is 0.562. The van der Waals surface area contributed by atoms with Crippen molar-refractivity contribution in [3.8, 4) is 0 Å². The summed E-state index contributed by atoms with van der Waals surface area (Å²) in [6.45, 7) is 8.10. The molecule has 0 atom stereocenters. The fourth-order valence-electron chi connectivity index (χ4n) is 2.64. The SMILES string of the molecule is CCN(CC)CCCCNC(=O)/C=C/c1coc2ccccc2c1=O. The van der Waals surface area contributed by atoms with Crippen LogP contribution in [0.15, 0.2) is 45.8 Å². The minimum atomic E-state index is -0.199. The second kappa shape index (κ2) is 9.79. The lowest BCUT2D eigenvalue weighted by Gasteiger charge is -2.17. The van der Waals surface area contributed by atoms with Crippen LogP contribution in [0.5, 0.6) is 0 Å². The van der Waals surface area contributed by atoms with Gasteiger partial charge in [-0.05, 0) is 50.7 Å². The Morgan fingerprint density at radius 1 is 1.20 bits per heavy atom. The Morgan fingerprint density at radius 3 is 2.72 bits per heavy atom. The number of amides is 1. The normalized spacial score (nSPS) is 11.5. The number of nitrogens with one attached hydrogen (secondary N) is 1. The van der Waals surface area contributed by atoms with Gasteiger partial charge >= 0.3 is 0 Å². The van der Waals surface area contributed by atoms with E-state index in [-0.39, 0.29) is 11.3 Å². The molecule has 2 aromatic rings. The molecule has 1 amide bonds. The number of hydrogen-bond donors (Lipinski definition) is 1. The molecule has 0 aliphatic carbocycles. The number of rotatable bonds is 9. The van der Waals surface area contributed by atoms with Crippen LogP contribution in [0.4, 0.5) is 0 Å². The van der Waals surface area contributed by atoms with Gasteiger partial charge in [0.15, 0.2) is 5.43 Å². The zero-order valence-electron chi connectivity index (χ0n) is 15.0. The molecule has 5 nitrogen and oxygen atoms in total. The third kappa shape index (κ3) is 5.57. The van der Waals surface area contributed by atoms with E-state index in [4.69, 9.17) is 4.42 Å². The van der Waals surface area contributed by atoms with E-state index in [0.29, 0.717) is 23.1 Å². The number of benzene rings is 1. The lowest BCUT2D eigenvalue weighted by Crippen LogP contribution is -2.26. The molecular weight excluding hydrogens is 316 g/mol. The average molecular weight is 342 g/mol. The molecule has 25 heavy (non-hydrogen) atoms. The average Bonchev–Trinajstić information content (AvgIpc) is 2.64. The maximum absolute atomic E-state index is 12.3. The molecule has 134 valence electrons. The van der Waals surface area contributed by atoms with Crippen molar-refractivity contribution in [2.45, 2.75) is 26.7 Å². The summed E-state index contributed by atoms with van der Waals surface area (Å²) < 4.78 is 5.43. The van der Waals surface area contributed by atoms with Crippen LogP contribution in [0.3, 0.4) is 0 Å². The van der Waals surface area contributed by atoms with Gasteiger partial charge in [0.05, 0.1) is 10.9 Å². The maximum atomic E-state index is 12.3. The van der Waals surface area contributed by atoms with E-state index in [9.17, 15) is 9.59 Å². The van der Waals surface area contributed by atoms with Gasteiger partial charge in [-0.2, -0.15) is 0 Å². The highest BCUT2D eigenvalue weighted by Gasteiger charge is 2.04. The van der Waals surface area contributed by atoms with E-state index in [1.807, 2.05) is 6.07 Å². The van der Waals surface area contributed by atoms with E-state index in [1.54, 1.807) is 18.2 Å². The first kappa shape index (κ1) is 18.9. The minimum absolute atomic E-state index is 0.134. The summed E-state index contributed by atoms with van der Waals surface area (Å²) in [5.74, 6) is -0.199. The van der Waals surface area contributed by atoms with Crippen molar-refractivity contribution < 1.29 is 9.21 Å². The Labute approximate surface area is 148 Å². The number of carbonyl (C=O) groups excluding carboxylic acids is 1. The standard InChI is InChI=1S/C20H26N2O3/c1-3-22(4-2)14-8-7-13-21-19(23)12-11-16-15-25-18-10-6-5-9-17(18)20(16)24/h5-6,9-12,15H,3-4,7-8,13-14H2,1-2H3,(H,21,23)/b12-11+. The molecule has 0 fully saturated rings. The Bertz CT molecular complexity index is 776. The topological polar surface area (TPSA) is 62.6 Å². The second-order valence-electron chi connectivity index (χ2n) is 5.87. The van der Waals surface area contributed by atoms with E-state index in [2.05, 4.69) is 24.1 Å². The molecular formula is C20H26N2O3. The van der Waals surface area contributed by atoms with Gasteiger partial charge in [0, 0.05) is 12.6 Å². The summed E-state index contributed by atoms with van der Waals surface area (Å²) >= 11 is 0. The van der Waals surface area contributed by atoms with Crippen LogP contribution in [0.25, 0.3) is 17.0 Å². The first-order valence-corrected chi connectivity index (χ1v) is 8.84. The number of unbranched alkanes of at least 4 members (excludes halogenated alkanes) is 1. The first-order valence-electron chi connectivity index (χ1n) is 8.84. The number of nitrogens with zero attached hydrogens (tertiary/aromatic N) is 1. The maximum Gasteiger partial charge on any atom is 0.244 e. The van der Waals surface area contributed by atoms with Crippen LogP contribution in [0.1, 0.15) is 32.3 Å². The molecule has 1 aromatic carbocycles. The zero-order valence-corrected chi connectivity index (χ0v) is 15.0. The van der Waals surface area contributed by atoms with Gasteiger partial charge in [0.25, 0.3) is 0 Å². The highest BCUT2D eigenvalue weighted by atomic mass is 16.3. The van der Waals surface area contributed by atoms with E-state index in [1.165, 1.54) is 18.4 Å². The summed E-state index contributed by atoms with van der Waals surface area (Å²) in [7, 11) is 0. The van der Waals surface area contributed by atoms with Crippen LogP contribution in [0, 0.1) is 0 Å². The molecule has 0 aliphatic rings. The molecule has 1 aromatic heterocycles. The van der Waals surface area contributed by atoms with E-state index in [0.717, 1.165) is 32.5 Å². The molecule has 0 spiro atoms. The molecule has 0 saturated carbocycles. The molecule has 0 radical (unpaired) electrons. The molecule has 1 heterocycles. The van der Waals surface area contributed by atoms with Crippen molar-refractivity contribution >= 4 is 23.0 Å². The monoisotopic (exact) mass is 342 g/mol. The molecule has 0 bridgehead atoms. The number of para-hydroxylation sites is 1. The van der Waals surface area contributed by atoms with Gasteiger partial charge in [-0.1, -0.05) is 26.0 Å². The van der Waals surface area contributed by atoms with Gasteiger partial charge < -0.3 is 14.6 Å². The van der Waals surface area contributed by atoms with Gasteiger partial charge in [-0.25, -0.2) is 0 Å². The third-order valence-corrected chi connectivity index (χ3v) is 4.22. The molecule has 0 saturated heterocycles. The van der Waals surface area contributed by atoms with Crippen molar-refractivity contribution in [2.75, 3.05) is 26.2 Å². The molecule has 5 heteroatoms. The Hall–Kier alpha value is -2.40. The minimum Gasteiger partial charge on any atom is -0.463 e. The Morgan fingerprint density at radius 2 is 1.96 bits per heavy atom. The number of carbonyl (C=O) groups is 1. The van der Waals surface area contributed by atoms with Gasteiger partial charge in [-0.3, -0.25) is 9.59 Å². The van der Waals surface area contributed by atoms with Gasteiger partial charge in [0.2, 0.25) is 5.91 Å². The largest absolute Gasteiger partial charge is 0.463 e. The Kier molecular flexibility index (Phi) is 7.41. The predicted molar refractivity (Wildman–Crippen MR) is 102 cm³/mol. The van der Waals surface area contributed by atoms with Crippen LogP contribution < -0.4 is 10.7 Å². The summed E-state index contributed by atoms with van der Waals surface area (Å²) in [6.07, 6.45) is 6.27. The second-order valence-corrected chi connectivity index (χ2v) is 5.87. The summed E-state index contributed by atoms with van der Waals surface area (Å²) in [6, 6.07) is 7.07. The third-order valence-electron chi connectivity index (χ3n) is 4.22. The van der Waals surface area contributed by atoms with Crippen molar-refractivity contribution in [2.24, 2.45) is 0 Å². The van der Waals surface area contributed by atoms with E-state index >= 15 is 0 Å². The zero-order chi connectivity index (χ0) is 18.1. The summed E-state index contributed by atoms with van der Waals surface area (Å²) in [5, 5.41) is 3.36. The van der Waals surface area contributed by atoms with Crippen LogP contribution in [0.2, 0.25) is 0 Å². The van der Waals surface area contributed by atoms with Gasteiger partial charge in [-0.15, -0.1) is 0 Å². The van der Waals surface area contributed by atoms with E-state index < -0.39 is 0 Å². The fourth-order valence-corrected chi connectivity index (χ4v) is 2.64. The lowest BCUT2D eigenvalue weighted by molar-refractivity contribution is -0.116. The highest BCUT2D eigenvalue weighted by Crippen LogP contribution is 2.11. The van der Waals surface area contributed by atoms with Gasteiger partial charge in [0.1, 0.15) is 11.8 Å². The van der Waals surface area contributed by atoms with Crippen LogP contribution >= 0.6 is 0 Å². The number of hydrogen-bond acceptors (Lipinski definition) is 4. The predicted octanol–water partition coefficient (Wildman–Crippen LogP) is 3.04. The van der Waals surface area contributed by atoms with Crippen molar-refractivity contribution in [3.05, 3.63) is 52.4 Å². The van der Waals surface area contributed by atoms with Crippen LogP contribution in [-0.4, -0.2) is 37.0 Å². The highest BCUT2D eigenvalue weighted by molar-refractivity contribution is 5.92. The van der Waals surface area contributed by atoms with Crippen molar-refractivity contribution in [3.63, 3.8) is 0 Å². The Balaban J connectivity index is 1.82. The van der Waals surface area contributed by atoms with Crippen LogP contribution in [-0.2, 0) is 4.79 Å². The molecule has 1 N–H and O–H groups in total. The number of fused-ring (bicyclic) bond motifs is 1. The van der Waals surface area contributed by atoms with Crippen molar-refractivity contribution in [1.82, 2.24) is 10.2 Å². The summed E-state index contributed by atoms with van der Waals surface area (Å²) in [4.78, 5) is 26.5. The summed E-state index contributed by atoms with van der Waals surface area (Å²) in [5.41, 5.74) is 0.780. The van der Waals surface area contributed by atoms with Crippen molar-refractivity contribution in [1.29, 1.82) is 0 Å². The lowest BCUT2D eigenvalue weighted by atomic mass is 10.1. The fraction of sp³-hybridized carbons (Fsp3) is 0.400. The molecule has 0 aliphatic heterocycles. The molecule has 0 unspecified atom stereocenters. The smallest absolute Gasteiger partial charge is 0.244 e. The molecule has 2 rings (SSSR count).